The van der Waals surface area contributed by atoms with Gasteiger partial charge in [0.25, 0.3) is 0 Å². The zero-order valence-electron chi connectivity index (χ0n) is 22.4. The van der Waals surface area contributed by atoms with E-state index < -0.39 is 0 Å². The molecule has 1 aromatic heterocycles. The summed E-state index contributed by atoms with van der Waals surface area (Å²) in [5.41, 5.74) is 4.04. The van der Waals surface area contributed by atoms with Crippen LogP contribution in [0.1, 0.15) is 48.9 Å². The van der Waals surface area contributed by atoms with Crippen molar-refractivity contribution >= 4 is 19.0 Å². The maximum absolute atomic E-state index is 6.30. The fraction of sp³-hybridized carbons (Fsp3) is 0.552. The van der Waals surface area contributed by atoms with Gasteiger partial charge in [-0.25, -0.2) is 0 Å². The summed E-state index contributed by atoms with van der Waals surface area (Å²) in [6.07, 6.45) is 6.84. The Bertz CT molecular complexity index is 1190. The summed E-state index contributed by atoms with van der Waals surface area (Å²) in [6.45, 7) is 4.10. The van der Waals surface area contributed by atoms with Gasteiger partial charge in [-0.2, -0.15) is 0 Å². The Morgan fingerprint density at radius 2 is 1.81 bits per heavy atom. The lowest BCUT2D eigenvalue weighted by atomic mass is 9.90. The maximum Gasteiger partial charge on any atom is 0.182 e. The molecule has 1 saturated carbocycles. The molecule has 2 radical (unpaired) electrons. The van der Waals surface area contributed by atoms with Gasteiger partial charge in [0.05, 0.1) is 32.1 Å². The van der Waals surface area contributed by atoms with Gasteiger partial charge in [-0.1, -0.05) is 11.2 Å². The Labute approximate surface area is 221 Å². The average molecular weight is 503 g/mol. The lowest BCUT2D eigenvalue weighted by molar-refractivity contribution is 0.270. The normalized spacial score (nSPS) is 17.0. The van der Waals surface area contributed by atoms with Crippen LogP contribution in [-0.4, -0.2) is 63.8 Å². The van der Waals surface area contributed by atoms with Crippen LogP contribution < -0.4 is 14.2 Å². The first-order valence-corrected chi connectivity index (χ1v) is 13.5. The minimum absolute atomic E-state index is 0.676. The SMILES string of the molecule is [B]N1CCC(CCc2noc3c(CN(C)Cc4ccc(OC)cc4OC)c(OCC4CC4)ccc23)CC1. The van der Waals surface area contributed by atoms with Gasteiger partial charge in [-0.15, -0.1) is 0 Å². The number of fused-ring (bicyclic) bond motifs is 1. The van der Waals surface area contributed by atoms with E-state index in [4.69, 9.17) is 26.7 Å². The van der Waals surface area contributed by atoms with Gasteiger partial charge < -0.3 is 23.5 Å². The number of methoxy groups -OCH3 is 2. The van der Waals surface area contributed by atoms with Crippen LogP contribution in [0.25, 0.3) is 11.0 Å². The third-order valence-electron chi connectivity index (χ3n) is 7.75. The minimum atomic E-state index is 0.676. The predicted molar refractivity (Wildman–Crippen MR) is 145 cm³/mol. The molecule has 2 fully saturated rings. The van der Waals surface area contributed by atoms with Crippen LogP contribution in [0.5, 0.6) is 17.2 Å². The summed E-state index contributed by atoms with van der Waals surface area (Å²) >= 11 is 0. The van der Waals surface area contributed by atoms with E-state index >= 15 is 0 Å². The van der Waals surface area contributed by atoms with Crippen LogP contribution in [-0.2, 0) is 19.5 Å². The molecule has 2 aromatic carbocycles. The number of ether oxygens (including phenoxy) is 3. The summed E-state index contributed by atoms with van der Waals surface area (Å²) in [5, 5.41) is 5.62. The molecule has 0 unspecified atom stereocenters. The van der Waals surface area contributed by atoms with Crippen molar-refractivity contribution in [3.8, 4) is 17.2 Å². The quantitative estimate of drug-likeness (QED) is 0.323. The second-order valence-corrected chi connectivity index (χ2v) is 10.7. The van der Waals surface area contributed by atoms with Crippen LogP contribution in [0.3, 0.4) is 0 Å². The monoisotopic (exact) mass is 503 g/mol. The first-order chi connectivity index (χ1) is 18.0. The fourth-order valence-electron chi connectivity index (χ4n) is 5.23. The zero-order valence-corrected chi connectivity index (χ0v) is 22.4. The van der Waals surface area contributed by atoms with Gasteiger partial charge >= 0.3 is 0 Å². The second kappa shape index (κ2) is 11.8. The van der Waals surface area contributed by atoms with Gasteiger partial charge in [0.1, 0.15) is 17.2 Å². The third kappa shape index (κ3) is 6.42. The highest BCUT2D eigenvalue weighted by atomic mass is 16.5. The Kier molecular flexibility index (Phi) is 8.25. The third-order valence-corrected chi connectivity index (χ3v) is 7.75. The van der Waals surface area contributed by atoms with Crippen molar-refractivity contribution in [2.45, 2.75) is 51.6 Å². The number of aromatic nitrogens is 1. The van der Waals surface area contributed by atoms with E-state index in [0.29, 0.717) is 24.9 Å². The van der Waals surface area contributed by atoms with E-state index in [1.54, 1.807) is 14.2 Å². The highest BCUT2D eigenvalue weighted by molar-refractivity contribution is 6.04. The molecule has 0 amide bonds. The molecule has 0 N–H and O–H groups in total. The number of aryl methyl sites for hydroxylation is 1. The largest absolute Gasteiger partial charge is 0.497 e. The van der Waals surface area contributed by atoms with Gasteiger partial charge in [0.2, 0.25) is 0 Å². The Morgan fingerprint density at radius 1 is 1.00 bits per heavy atom. The Hall–Kier alpha value is -2.71. The number of piperidine rings is 1. The first kappa shape index (κ1) is 25.9. The van der Waals surface area contributed by atoms with Crippen molar-refractivity contribution in [1.82, 2.24) is 14.9 Å². The lowest BCUT2D eigenvalue weighted by Gasteiger charge is -2.29. The highest BCUT2D eigenvalue weighted by Crippen LogP contribution is 2.36. The highest BCUT2D eigenvalue weighted by Gasteiger charge is 2.25. The molecule has 0 bridgehead atoms. The average Bonchev–Trinajstić information content (AvgIpc) is 3.65. The molecule has 2 heterocycles. The van der Waals surface area contributed by atoms with E-state index in [0.717, 1.165) is 90.4 Å². The second-order valence-electron chi connectivity index (χ2n) is 10.7. The van der Waals surface area contributed by atoms with Gasteiger partial charge in [0.15, 0.2) is 13.6 Å². The van der Waals surface area contributed by atoms with Gasteiger partial charge in [-0.3, -0.25) is 4.90 Å². The number of hydrogen-bond donors (Lipinski definition) is 0. The first-order valence-electron chi connectivity index (χ1n) is 13.5. The summed E-state index contributed by atoms with van der Waals surface area (Å²) < 4.78 is 23.3. The van der Waals surface area contributed by atoms with Crippen LogP contribution in [0.2, 0.25) is 0 Å². The summed E-state index contributed by atoms with van der Waals surface area (Å²) in [6, 6.07) is 10.2. The molecule has 2 aliphatic rings. The van der Waals surface area contributed by atoms with Gasteiger partial charge in [-0.05, 0) is 88.7 Å². The van der Waals surface area contributed by atoms with Gasteiger partial charge in [0, 0.05) is 30.1 Å². The molecule has 1 aliphatic carbocycles. The van der Waals surface area contributed by atoms with E-state index in [-0.39, 0.29) is 0 Å². The lowest BCUT2D eigenvalue weighted by Crippen LogP contribution is -2.31. The van der Waals surface area contributed by atoms with Crippen LogP contribution in [0.15, 0.2) is 34.9 Å². The molecule has 1 aliphatic heterocycles. The summed E-state index contributed by atoms with van der Waals surface area (Å²) in [7, 11) is 11.4. The molecular weight excluding hydrogens is 465 g/mol. The van der Waals surface area contributed by atoms with Crippen molar-refractivity contribution in [2.75, 3.05) is 41.0 Å². The summed E-state index contributed by atoms with van der Waals surface area (Å²) in [4.78, 5) is 4.18. The van der Waals surface area contributed by atoms with Crippen LogP contribution in [0, 0.1) is 11.8 Å². The smallest absolute Gasteiger partial charge is 0.182 e. The number of nitrogens with zero attached hydrogens (tertiary/aromatic N) is 3. The molecule has 37 heavy (non-hydrogen) atoms. The summed E-state index contributed by atoms with van der Waals surface area (Å²) in [5.74, 6) is 3.86. The Balaban J connectivity index is 1.34. The van der Waals surface area contributed by atoms with Crippen molar-refractivity contribution in [2.24, 2.45) is 11.8 Å². The molecular formula is C29H38BN3O4. The molecule has 3 aromatic rings. The zero-order chi connectivity index (χ0) is 25.8. The maximum atomic E-state index is 6.30. The molecule has 0 spiro atoms. The molecule has 1 saturated heterocycles. The van der Waals surface area contributed by atoms with Crippen molar-refractivity contribution in [3.05, 3.63) is 47.2 Å². The van der Waals surface area contributed by atoms with Crippen LogP contribution in [0.4, 0.5) is 0 Å². The number of hydrogen-bond acceptors (Lipinski definition) is 7. The molecule has 5 rings (SSSR count). The van der Waals surface area contributed by atoms with Crippen molar-refractivity contribution in [3.63, 3.8) is 0 Å². The van der Waals surface area contributed by atoms with E-state index in [2.05, 4.69) is 35.3 Å². The van der Waals surface area contributed by atoms with E-state index in [1.807, 2.05) is 16.9 Å². The molecule has 196 valence electrons. The topological polar surface area (TPSA) is 60.2 Å². The molecule has 8 heteroatoms. The minimum Gasteiger partial charge on any atom is -0.497 e. The molecule has 7 nitrogen and oxygen atoms in total. The standard InChI is InChI=1S/C29H38BN3O4/c1-32(17-22-7-8-23(34-2)16-28(22)35-3)18-25-27(36-19-21-4-5-21)11-9-24-26(31-37-29(24)25)10-6-20-12-14-33(30)15-13-20/h7-9,11,16,20-21H,4-6,10,12-15,17-19H2,1-3H3. The van der Waals surface area contributed by atoms with E-state index in [9.17, 15) is 0 Å². The predicted octanol–water partition coefficient (Wildman–Crippen LogP) is 4.99. The Morgan fingerprint density at radius 3 is 2.54 bits per heavy atom. The number of benzene rings is 2. The number of rotatable bonds is 12. The molecule has 0 atom stereocenters. The van der Waals surface area contributed by atoms with Crippen LogP contribution >= 0.6 is 0 Å². The van der Waals surface area contributed by atoms with Crippen molar-refractivity contribution < 1.29 is 18.7 Å². The van der Waals surface area contributed by atoms with E-state index in [1.165, 1.54) is 12.8 Å². The van der Waals surface area contributed by atoms with Crippen molar-refractivity contribution in [1.29, 1.82) is 0 Å². The fourth-order valence-corrected chi connectivity index (χ4v) is 5.23.